The molecule has 92 valence electrons. The first kappa shape index (κ1) is 11.9. The van der Waals surface area contributed by atoms with Gasteiger partial charge in [0.2, 0.25) is 5.91 Å². The number of rotatable bonds is 2. The molecule has 1 saturated heterocycles. The van der Waals surface area contributed by atoms with Crippen LogP contribution in [0.25, 0.3) is 0 Å². The van der Waals surface area contributed by atoms with Gasteiger partial charge >= 0.3 is 0 Å². The predicted molar refractivity (Wildman–Crippen MR) is 62.0 cm³/mol. The maximum atomic E-state index is 11.4. The third-order valence-corrected chi connectivity index (χ3v) is 4.14. The molecular weight excluding hydrogens is 204 g/mol. The summed E-state index contributed by atoms with van der Waals surface area (Å²) in [5, 5.41) is 16.1. The zero-order valence-electron chi connectivity index (χ0n) is 10.1. The smallest absolute Gasteiger partial charge is 0.221 e. The second-order valence-electron chi connectivity index (χ2n) is 5.69. The van der Waals surface area contributed by atoms with Crippen molar-refractivity contribution < 1.29 is 9.90 Å². The van der Waals surface area contributed by atoms with Gasteiger partial charge in [0.25, 0.3) is 0 Å². The molecule has 0 radical (unpaired) electrons. The minimum atomic E-state index is -0.204. The fraction of sp³-hybridized carbons (Fsp3) is 0.917. The van der Waals surface area contributed by atoms with Crippen molar-refractivity contribution in [2.75, 3.05) is 6.54 Å². The fourth-order valence-electron chi connectivity index (χ4n) is 2.59. The van der Waals surface area contributed by atoms with E-state index in [2.05, 4.69) is 24.5 Å². The topological polar surface area (TPSA) is 61.4 Å². The van der Waals surface area contributed by atoms with E-state index in [0.29, 0.717) is 12.5 Å². The molecule has 3 N–H and O–H groups in total. The molecule has 1 saturated carbocycles. The molecule has 4 heteroatoms. The summed E-state index contributed by atoms with van der Waals surface area (Å²) in [6.45, 7) is 4.96. The van der Waals surface area contributed by atoms with Crippen molar-refractivity contribution in [2.24, 2.45) is 5.41 Å². The second kappa shape index (κ2) is 4.34. The highest BCUT2D eigenvalue weighted by atomic mass is 16.3. The summed E-state index contributed by atoms with van der Waals surface area (Å²) in [6, 6.07) is 0.623. The Balaban J connectivity index is 1.87. The van der Waals surface area contributed by atoms with Crippen LogP contribution < -0.4 is 10.6 Å². The molecule has 1 aliphatic heterocycles. The number of aliphatic hydroxyl groups is 1. The Kier molecular flexibility index (Phi) is 3.22. The van der Waals surface area contributed by atoms with Crippen LogP contribution in [0.4, 0.5) is 0 Å². The van der Waals surface area contributed by atoms with Crippen LogP contribution in [-0.4, -0.2) is 35.7 Å². The van der Waals surface area contributed by atoms with Crippen LogP contribution in [0.1, 0.15) is 39.5 Å². The molecule has 0 aromatic carbocycles. The lowest BCUT2D eigenvalue weighted by molar-refractivity contribution is -0.121. The molecule has 1 heterocycles. The number of nitrogens with one attached hydrogen (secondary N) is 2. The standard InChI is InChI=1S/C12H22N2O2/c1-12(2)9(7-10(12)15)14-8-4-3-5-13-11(16)6-8/h8-10,14-15H,3-7H2,1-2H3,(H,13,16). The van der Waals surface area contributed by atoms with E-state index in [0.717, 1.165) is 25.8 Å². The van der Waals surface area contributed by atoms with Crippen LogP contribution in [0, 0.1) is 5.41 Å². The predicted octanol–water partition coefficient (Wildman–Crippen LogP) is 0.404. The summed E-state index contributed by atoms with van der Waals surface area (Å²) in [5.41, 5.74) is -0.0528. The molecule has 1 amide bonds. The molecule has 0 spiro atoms. The minimum Gasteiger partial charge on any atom is -0.392 e. The third-order valence-electron chi connectivity index (χ3n) is 4.14. The highest BCUT2D eigenvalue weighted by Gasteiger charge is 2.47. The zero-order valence-corrected chi connectivity index (χ0v) is 10.1. The van der Waals surface area contributed by atoms with Crippen LogP contribution in [0.5, 0.6) is 0 Å². The molecule has 3 unspecified atom stereocenters. The summed E-state index contributed by atoms with van der Waals surface area (Å²) in [6.07, 6.45) is 3.26. The van der Waals surface area contributed by atoms with Gasteiger partial charge in [-0.2, -0.15) is 0 Å². The summed E-state index contributed by atoms with van der Waals surface area (Å²) >= 11 is 0. The summed E-state index contributed by atoms with van der Waals surface area (Å²) in [5.74, 6) is 0.146. The Morgan fingerprint density at radius 3 is 2.88 bits per heavy atom. The normalized spacial score (nSPS) is 38.4. The highest BCUT2D eigenvalue weighted by Crippen LogP contribution is 2.40. The van der Waals surface area contributed by atoms with E-state index < -0.39 is 0 Å². The van der Waals surface area contributed by atoms with E-state index >= 15 is 0 Å². The van der Waals surface area contributed by atoms with Gasteiger partial charge in [0.1, 0.15) is 0 Å². The van der Waals surface area contributed by atoms with Crippen molar-refractivity contribution in [2.45, 2.75) is 57.7 Å². The molecular formula is C12H22N2O2. The Morgan fingerprint density at radius 1 is 1.50 bits per heavy atom. The average Bonchev–Trinajstić information content (AvgIpc) is 2.42. The molecule has 2 rings (SSSR count). The Morgan fingerprint density at radius 2 is 2.25 bits per heavy atom. The van der Waals surface area contributed by atoms with Crippen LogP contribution >= 0.6 is 0 Å². The van der Waals surface area contributed by atoms with Crippen molar-refractivity contribution in [3.63, 3.8) is 0 Å². The van der Waals surface area contributed by atoms with Crippen LogP contribution in [-0.2, 0) is 4.79 Å². The zero-order chi connectivity index (χ0) is 11.8. The summed E-state index contributed by atoms with van der Waals surface area (Å²) in [7, 11) is 0. The van der Waals surface area contributed by atoms with Gasteiger partial charge in [-0.3, -0.25) is 4.79 Å². The first-order valence-electron chi connectivity index (χ1n) is 6.21. The Hall–Kier alpha value is -0.610. The van der Waals surface area contributed by atoms with Gasteiger partial charge in [-0.1, -0.05) is 13.8 Å². The first-order chi connectivity index (χ1) is 7.50. The average molecular weight is 226 g/mol. The van der Waals surface area contributed by atoms with E-state index in [1.807, 2.05) is 0 Å². The van der Waals surface area contributed by atoms with Crippen LogP contribution in [0.2, 0.25) is 0 Å². The lowest BCUT2D eigenvalue weighted by atomic mass is 9.64. The lowest BCUT2D eigenvalue weighted by Crippen LogP contribution is -2.62. The van der Waals surface area contributed by atoms with Crippen molar-refractivity contribution >= 4 is 5.91 Å². The highest BCUT2D eigenvalue weighted by molar-refractivity contribution is 5.76. The summed E-state index contributed by atoms with van der Waals surface area (Å²) < 4.78 is 0. The van der Waals surface area contributed by atoms with Gasteiger partial charge in [-0.25, -0.2) is 0 Å². The maximum absolute atomic E-state index is 11.4. The lowest BCUT2D eigenvalue weighted by Gasteiger charge is -2.50. The third kappa shape index (κ3) is 2.23. The summed E-state index contributed by atoms with van der Waals surface area (Å²) in [4.78, 5) is 11.4. The molecule has 0 aromatic rings. The van der Waals surface area contributed by atoms with Crippen LogP contribution in [0.3, 0.4) is 0 Å². The van der Waals surface area contributed by atoms with E-state index in [4.69, 9.17) is 0 Å². The first-order valence-corrected chi connectivity index (χ1v) is 6.21. The quantitative estimate of drug-likeness (QED) is 0.639. The minimum absolute atomic E-state index is 0.0528. The maximum Gasteiger partial charge on any atom is 0.221 e. The van der Waals surface area contributed by atoms with Gasteiger partial charge in [0.05, 0.1) is 6.10 Å². The van der Waals surface area contributed by atoms with E-state index in [9.17, 15) is 9.90 Å². The van der Waals surface area contributed by atoms with E-state index in [1.54, 1.807) is 0 Å². The van der Waals surface area contributed by atoms with Gasteiger partial charge in [0.15, 0.2) is 0 Å². The number of hydrogen-bond donors (Lipinski definition) is 3. The Bertz CT molecular complexity index is 278. The van der Waals surface area contributed by atoms with Crippen molar-refractivity contribution in [1.82, 2.24) is 10.6 Å². The number of aliphatic hydroxyl groups excluding tert-OH is 1. The molecule has 0 aromatic heterocycles. The molecule has 0 bridgehead atoms. The van der Waals surface area contributed by atoms with Gasteiger partial charge in [-0.05, 0) is 19.3 Å². The molecule has 2 aliphatic rings. The van der Waals surface area contributed by atoms with Crippen molar-refractivity contribution in [3.8, 4) is 0 Å². The second-order valence-corrected chi connectivity index (χ2v) is 5.69. The largest absolute Gasteiger partial charge is 0.392 e. The van der Waals surface area contributed by atoms with E-state index in [-0.39, 0.29) is 23.5 Å². The van der Waals surface area contributed by atoms with E-state index in [1.165, 1.54) is 0 Å². The molecule has 1 aliphatic carbocycles. The van der Waals surface area contributed by atoms with Gasteiger partial charge in [0, 0.05) is 30.5 Å². The number of hydrogen-bond acceptors (Lipinski definition) is 3. The molecule has 3 atom stereocenters. The van der Waals surface area contributed by atoms with Crippen molar-refractivity contribution in [3.05, 3.63) is 0 Å². The SMILES string of the molecule is CC1(C)C(O)CC1NC1CCCNC(=O)C1. The van der Waals surface area contributed by atoms with Crippen LogP contribution in [0.15, 0.2) is 0 Å². The van der Waals surface area contributed by atoms with Gasteiger partial charge in [-0.15, -0.1) is 0 Å². The number of amides is 1. The monoisotopic (exact) mass is 226 g/mol. The Labute approximate surface area is 96.8 Å². The van der Waals surface area contributed by atoms with Crippen molar-refractivity contribution in [1.29, 1.82) is 0 Å². The number of carbonyl (C=O) groups excluding carboxylic acids is 1. The molecule has 16 heavy (non-hydrogen) atoms. The fourth-order valence-corrected chi connectivity index (χ4v) is 2.59. The van der Waals surface area contributed by atoms with Gasteiger partial charge < -0.3 is 15.7 Å². The number of carbonyl (C=O) groups is 1. The molecule has 2 fully saturated rings. The molecule has 4 nitrogen and oxygen atoms in total.